The molecule has 5 heteroatoms. The number of anilines is 1. The molecule has 2 heterocycles. The Morgan fingerprint density at radius 2 is 2.26 bits per heavy atom. The molecule has 0 amide bonds. The highest BCUT2D eigenvalue weighted by atomic mass is 32.1. The Hall–Kier alpha value is -1.88. The van der Waals surface area contributed by atoms with Crippen molar-refractivity contribution in [2.75, 3.05) is 12.3 Å². The van der Waals surface area contributed by atoms with E-state index in [4.69, 9.17) is 10.5 Å². The summed E-state index contributed by atoms with van der Waals surface area (Å²) >= 11 is 1.37. The zero-order chi connectivity index (χ0) is 13.8. The summed E-state index contributed by atoms with van der Waals surface area (Å²) in [6.07, 6.45) is 4.27. The molecule has 0 radical (unpaired) electrons. The summed E-state index contributed by atoms with van der Waals surface area (Å²) in [5.74, 6) is -0.352. The Bertz CT molecular complexity index is 579. The Balaban J connectivity index is 2.51. The molecule has 0 aliphatic heterocycles. The Labute approximate surface area is 116 Å². The average molecular weight is 276 g/mol. The number of hydrogen-bond donors (Lipinski definition) is 1. The fraction of sp³-hybridized carbons (Fsp3) is 0.286. The number of nitrogens with zero attached hydrogens (tertiary/aromatic N) is 1. The van der Waals surface area contributed by atoms with Gasteiger partial charge in [-0.3, -0.25) is 4.98 Å². The molecule has 0 bridgehead atoms. The second-order valence-electron chi connectivity index (χ2n) is 3.97. The van der Waals surface area contributed by atoms with E-state index >= 15 is 0 Å². The van der Waals surface area contributed by atoms with Crippen LogP contribution in [0, 0.1) is 0 Å². The van der Waals surface area contributed by atoms with Gasteiger partial charge in [-0.2, -0.15) is 0 Å². The lowest BCUT2D eigenvalue weighted by molar-refractivity contribution is 0.0533. The number of rotatable bonds is 4. The van der Waals surface area contributed by atoms with Gasteiger partial charge in [0.05, 0.1) is 12.3 Å². The SMILES string of the molecule is CCOC(=O)c1sc(-c2cccnc2)c(CC)c1N. The standard InChI is InChI=1S/C14H16N2O2S/c1-3-10-11(15)13(14(17)18-4-2)19-12(10)9-6-5-7-16-8-9/h5-8H,3-4,15H2,1-2H3. The van der Waals surface area contributed by atoms with E-state index < -0.39 is 0 Å². The molecular weight excluding hydrogens is 260 g/mol. The number of esters is 1. The van der Waals surface area contributed by atoms with Crippen LogP contribution in [-0.2, 0) is 11.2 Å². The van der Waals surface area contributed by atoms with Crippen LogP contribution in [0.25, 0.3) is 10.4 Å². The lowest BCUT2D eigenvalue weighted by atomic mass is 10.1. The molecule has 0 atom stereocenters. The third-order valence-corrected chi connectivity index (χ3v) is 4.06. The van der Waals surface area contributed by atoms with Crippen molar-refractivity contribution in [2.24, 2.45) is 0 Å². The van der Waals surface area contributed by atoms with E-state index in [1.807, 2.05) is 19.1 Å². The van der Waals surface area contributed by atoms with E-state index in [2.05, 4.69) is 4.98 Å². The quantitative estimate of drug-likeness (QED) is 0.871. The molecule has 2 aromatic heterocycles. The molecule has 0 spiro atoms. The predicted molar refractivity (Wildman–Crippen MR) is 77.3 cm³/mol. The highest BCUT2D eigenvalue weighted by Crippen LogP contribution is 2.39. The molecule has 0 unspecified atom stereocenters. The maximum absolute atomic E-state index is 11.9. The summed E-state index contributed by atoms with van der Waals surface area (Å²) < 4.78 is 5.03. The van der Waals surface area contributed by atoms with Crippen molar-refractivity contribution in [1.29, 1.82) is 0 Å². The van der Waals surface area contributed by atoms with E-state index in [9.17, 15) is 4.79 Å². The van der Waals surface area contributed by atoms with Crippen LogP contribution in [0.4, 0.5) is 5.69 Å². The first-order valence-corrected chi connectivity index (χ1v) is 6.99. The number of nitrogen functional groups attached to an aromatic ring is 1. The fourth-order valence-corrected chi connectivity index (χ4v) is 3.10. The topological polar surface area (TPSA) is 65.2 Å². The van der Waals surface area contributed by atoms with Gasteiger partial charge in [-0.15, -0.1) is 11.3 Å². The van der Waals surface area contributed by atoms with Crippen LogP contribution in [0.3, 0.4) is 0 Å². The number of ether oxygens (including phenoxy) is 1. The summed E-state index contributed by atoms with van der Waals surface area (Å²) in [5, 5.41) is 0. The summed E-state index contributed by atoms with van der Waals surface area (Å²) in [6.45, 7) is 4.15. The molecule has 2 N–H and O–H groups in total. The van der Waals surface area contributed by atoms with Crippen molar-refractivity contribution in [3.05, 3.63) is 35.0 Å². The van der Waals surface area contributed by atoms with Crippen LogP contribution in [0.1, 0.15) is 29.1 Å². The fourth-order valence-electron chi connectivity index (χ4n) is 1.91. The van der Waals surface area contributed by atoms with Crippen LogP contribution in [-0.4, -0.2) is 17.6 Å². The van der Waals surface area contributed by atoms with Crippen molar-refractivity contribution in [3.63, 3.8) is 0 Å². The molecule has 2 rings (SSSR count). The zero-order valence-corrected chi connectivity index (χ0v) is 11.8. The Kier molecular flexibility index (Phi) is 4.16. The first kappa shape index (κ1) is 13.5. The van der Waals surface area contributed by atoms with Crippen LogP contribution in [0.5, 0.6) is 0 Å². The molecule has 0 aliphatic rings. The number of pyridine rings is 1. The van der Waals surface area contributed by atoms with Crippen molar-refractivity contribution >= 4 is 23.0 Å². The maximum Gasteiger partial charge on any atom is 0.350 e. The van der Waals surface area contributed by atoms with Gasteiger partial charge in [0, 0.05) is 22.8 Å². The van der Waals surface area contributed by atoms with Crippen LogP contribution >= 0.6 is 11.3 Å². The van der Waals surface area contributed by atoms with Gasteiger partial charge >= 0.3 is 5.97 Å². The molecule has 4 nitrogen and oxygen atoms in total. The molecular formula is C14H16N2O2S. The number of thiophene rings is 1. The van der Waals surface area contributed by atoms with E-state index in [-0.39, 0.29) is 5.97 Å². The second-order valence-corrected chi connectivity index (χ2v) is 4.99. The van der Waals surface area contributed by atoms with Gasteiger partial charge in [-0.05, 0) is 25.0 Å². The van der Waals surface area contributed by atoms with Crippen LogP contribution in [0.15, 0.2) is 24.5 Å². The Morgan fingerprint density at radius 3 is 2.84 bits per heavy atom. The first-order valence-electron chi connectivity index (χ1n) is 6.17. The third-order valence-electron chi connectivity index (χ3n) is 2.79. The lowest BCUT2D eigenvalue weighted by Crippen LogP contribution is -2.05. The van der Waals surface area contributed by atoms with E-state index in [0.717, 1.165) is 22.4 Å². The highest BCUT2D eigenvalue weighted by Gasteiger charge is 2.21. The number of nitrogens with two attached hydrogens (primary N) is 1. The summed E-state index contributed by atoms with van der Waals surface area (Å²) in [4.78, 5) is 17.5. The predicted octanol–water partition coefficient (Wildman–Crippen LogP) is 3.13. The van der Waals surface area contributed by atoms with Crippen LogP contribution in [0.2, 0.25) is 0 Å². The largest absolute Gasteiger partial charge is 0.462 e. The van der Waals surface area contributed by atoms with Gasteiger partial charge in [-0.1, -0.05) is 13.0 Å². The first-order chi connectivity index (χ1) is 9.19. The van der Waals surface area contributed by atoms with Gasteiger partial charge in [0.15, 0.2) is 0 Å². The summed E-state index contributed by atoms with van der Waals surface area (Å²) in [7, 11) is 0. The summed E-state index contributed by atoms with van der Waals surface area (Å²) in [5.41, 5.74) is 8.57. The molecule has 0 saturated heterocycles. The normalized spacial score (nSPS) is 10.4. The minimum absolute atomic E-state index is 0.347. The minimum Gasteiger partial charge on any atom is -0.462 e. The van der Waals surface area contributed by atoms with E-state index in [1.165, 1.54) is 11.3 Å². The van der Waals surface area contributed by atoms with Gasteiger partial charge < -0.3 is 10.5 Å². The number of carbonyl (C=O) groups is 1. The smallest absolute Gasteiger partial charge is 0.350 e. The van der Waals surface area contributed by atoms with Crippen LogP contribution < -0.4 is 5.73 Å². The minimum atomic E-state index is -0.352. The van der Waals surface area contributed by atoms with Crippen molar-refractivity contribution in [3.8, 4) is 10.4 Å². The van der Waals surface area contributed by atoms with Gasteiger partial charge in [0.1, 0.15) is 4.88 Å². The van der Waals surface area contributed by atoms with Crippen molar-refractivity contribution in [1.82, 2.24) is 4.98 Å². The highest BCUT2D eigenvalue weighted by molar-refractivity contribution is 7.18. The van der Waals surface area contributed by atoms with E-state index in [1.54, 1.807) is 19.3 Å². The molecule has 0 aromatic carbocycles. The monoisotopic (exact) mass is 276 g/mol. The number of carbonyl (C=O) groups excluding carboxylic acids is 1. The maximum atomic E-state index is 11.9. The van der Waals surface area contributed by atoms with Gasteiger partial charge in [0.2, 0.25) is 0 Å². The summed E-state index contributed by atoms with van der Waals surface area (Å²) in [6, 6.07) is 3.83. The van der Waals surface area contributed by atoms with Crippen molar-refractivity contribution < 1.29 is 9.53 Å². The number of aromatic nitrogens is 1. The van der Waals surface area contributed by atoms with E-state index in [0.29, 0.717) is 17.2 Å². The van der Waals surface area contributed by atoms with Gasteiger partial charge in [0.25, 0.3) is 0 Å². The average Bonchev–Trinajstić information content (AvgIpc) is 2.77. The third kappa shape index (κ3) is 2.61. The van der Waals surface area contributed by atoms with Gasteiger partial charge in [-0.25, -0.2) is 4.79 Å². The molecule has 19 heavy (non-hydrogen) atoms. The molecule has 0 saturated carbocycles. The molecule has 0 aliphatic carbocycles. The second kappa shape index (κ2) is 5.84. The lowest BCUT2D eigenvalue weighted by Gasteiger charge is -2.02. The van der Waals surface area contributed by atoms with Crippen molar-refractivity contribution in [2.45, 2.75) is 20.3 Å². The molecule has 100 valence electrons. The molecule has 0 fully saturated rings. The number of hydrogen-bond acceptors (Lipinski definition) is 5. The molecule has 2 aromatic rings. The zero-order valence-electron chi connectivity index (χ0n) is 11.0. The Morgan fingerprint density at radius 1 is 1.47 bits per heavy atom.